The molecule has 1 aliphatic heterocycles. The molecule has 1 heterocycles. The average molecular weight is 215 g/mol. The van der Waals surface area contributed by atoms with Gasteiger partial charge in [0.2, 0.25) is 0 Å². The minimum Gasteiger partial charge on any atom is -0.464 e. The van der Waals surface area contributed by atoms with Gasteiger partial charge in [0.15, 0.2) is 0 Å². The molecule has 0 radical (unpaired) electrons. The van der Waals surface area contributed by atoms with Crippen molar-refractivity contribution in [3.05, 3.63) is 0 Å². The van der Waals surface area contributed by atoms with Gasteiger partial charge < -0.3 is 15.2 Å². The molecule has 0 aromatic carbocycles. The lowest BCUT2D eigenvalue weighted by molar-refractivity contribution is -0.148. The van der Waals surface area contributed by atoms with Crippen LogP contribution in [0.15, 0.2) is 0 Å². The SMILES string of the molecule is CC(C)[C@H](N)C(=O)OCC1CCOCC1. The fourth-order valence-corrected chi connectivity index (χ4v) is 1.48. The van der Waals surface area contributed by atoms with Crippen molar-refractivity contribution in [3.8, 4) is 0 Å². The molecule has 0 aromatic rings. The first-order chi connectivity index (χ1) is 7.11. The van der Waals surface area contributed by atoms with Gasteiger partial charge >= 0.3 is 5.97 Å². The van der Waals surface area contributed by atoms with Gasteiger partial charge in [0.25, 0.3) is 0 Å². The largest absolute Gasteiger partial charge is 0.464 e. The Balaban J connectivity index is 2.20. The monoisotopic (exact) mass is 215 g/mol. The highest BCUT2D eigenvalue weighted by molar-refractivity contribution is 5.75. The van der Waals surface area contributed by atoms with Crippen LogP contribution in [0.5, 0.6) is 0 Å². The van der Waals surface area contributed by atoms with E-state index in [-0.39, 0.29) is 11.9 Å². The first-order valence-corrected chi connectivity index (χ1v) is 5.61. The van der Waals surface area contributed by atoms with Crippen LogP contribution in [0.2, 0.25) is 0 Å². The summed E-state index contributed by atoms with van der Waals surface area (Å²) in [5, 5.41) is 0. The molecule has 0 unspecified atom stereocenters. The highest BCUT2D eigenvalue weighted by Crippen LogP contribution is 2.15. The molecule has 1 rings (SSSR count). The summed E-state index contributed by atoms with van der Waals surface area (Å²) in [6.45, 7) is 5.88. The number of nitrogens with two attached hydrogens (primary N) is 1. The Morgan fingerprint density at radius 3 is 2.60 bits per heavy atom. The van der Waals surface area contributed by atoms with Gasteiger partial charge in [-0.1, -0.05) is 13.8 Å². The summed E-state index contributed by atoms with van der Waals surface area (Å²) in [4.78, 5) is 11.4. The number of ether oxygens (including phenoxy) is 2. The van der Waals surface area contributed by atoms with Crippen LogP contribution in [0.4, 0.5) is 0 Å². The van der Waals surface area contributed by atoms with Gasteiger partial charge in [-0.25, -0.2) is 0 Å². The van der Waals surface area contributed by atoms with Crippen molar-refractivity contribution in [3.63, 3.8) is 0 Å². The zero-order valence-electron chi connectivity index (χ0n) is 9.57. The Hall–Kier alpha value is -0.610. The predicted molar refractivity (Wildman–Crippen MR) is 57.3 cm³/mol. The molecule has 0 spiro atoms. The van der Waals surface area contributed by atoms with Crippen LogP contribution in [0.1, 0.15) is 26.7 Å². The molecule has 1 atom stereocenters. The number of rotatable bonds is 4. The molecule has 0 amide bonds. The number of esters is 1. The first kappa shape index (κ1) is 12.5. The van der Waals surface area contributed by atoms with Crippen molar-refractivity contribution in [2.75, 3.05) is 19.8 Å². The third-order valence-corrected chi connectivity index (χ3v) is 2.79. The highest BCUT2D eigenvalue weighted by Gasteiger charge is 2.21. The average Bonchev–Trinajstić information content (AvgIpc) is 2.26. The lowest BCUT2D eigenvalue weighted by atomic mass is 10.0. The number of hydrogen-bond donors (Lipinski definition) is 1. The van der Waals surface area contributed by atoms with Gasteiger partial charge in [0.05, 0.1) is 6.61 Å². The van der Waals surface area contributed by atoms with E-state index in [0.717, 1.165) is 26.1 Å². The maximum absolute atomic E-state index is 11.4. The summed E-state index contributed by atoms with van der Waals surface area (Å²) < 4.78 is 10.4. The Morgan fingerprint density at radius 1 is 1.47 bits per heavy atom. The predicted octanol–water partition coefficient (Wildman–Crippen LogP) is 0.939. The van der Waals surface area contributed by atoms with E-state index in [1.165, 1.54) is 0 Å². The molecule has 1 fully saturated rings. The maximum Gasteiger partial charge on any atom is 0.323 e. The fraction of sp³-hybridized carbons (Fsp3) is 0.909. The van der Waals surface area contributed by atoms with Crippen molar-refractivity contribution in [2.24, 2.45) is 17.6 Å². The van der Waals surface area contributed by atoms with Gasteiger partial charge in [-0.05, 0) is 24.7 Å². The molecule has 4 heteroatoms. The zero-order chi connectivity index (χ0) is 11.3. The summed E-state index contributed by atoms with van der Waals surface area (Å²) in [6, 6.07) is -0.496. The Kier molecular flexibility index (Phi) is 5.05. The minimum atomic E-state index is -0.496. The molecule has 88 valence electrons. The Bertz CT molecular complexity index is 200. The molecule has 1 saturated heterocycles. The van der Waals surface area contributed by atoms with Crippen LogP contribution in [0.25, 0.3) is 0 Å². The maximum atomic E-state index is 11.4. The lowest BCUT2D eigenvalue weighted by Gasteiger charge is -2.22. The van der Waals surface area contributed by atoms with E-state index in [1.54, 1.807) is 0 Å². The van der Waals surface area contributed by atoms with Gasteiger partial charge in [-0.2, -0.15) is 0 Å². The molecular weight excluding hydrogens is 194 g/mol. The lowest BCUT2D eigenvalue weighted by Crippen LogP contribution is -2.38. The van der Waals surface area contributed by atoms with E-state index in [4.69, 9.17) is 15.2 Å². The Morgan fingerprint density at radius 2 is 2.07 bits per heavy atom. The van der Waals surface area contributed by atoms with Crippen molar-refractivity contribution in [1.82, 2.24) is 0 Å². The van der Waals surface area contributed by atoms with Crippen molar-refractivity contribution < 1.29 is 14.3 Å². The summed E-state index contributed by atoms with van der Waals surface area (Å²) >= 11 is 0. The van der Waals surface area contributed by atoms with Crippen molar-refractivity contribution in [2.45, 2.75) is 32.7 Å². The van der Waals surface area contributed by atoms with Crippen LogP contribution in [-0.2, 0) is 14.3 Å². The second kappa shape index (κ2) is 6.08. The molecule has 0 bridgehead atoms. The third-order valence-electron chi connectivity index (χ3n) is 2.79. The standard InChI is InChI=1S/C11H21NO3/c1-8(2)10(12)11(13)15-7-9-3-5-14-6-4-9/h8-10H,3-7,12H2,1-2H3/t10-/m0/s1. The summed E-state index contributed by atoms with van der Waals surface area (Å²) in [7, 11) is 0. The number of carbonyl (C=O) groups is 1. The van der Waals surface area contributed by atoms with Crippen LogP contribution < -0.4 is 5.73 Å². The van der Waals surface area contributed by atoms with E-state index in [9.17, 15) is 4.79 Å². The van der Waals surface area contributed by atoms with Crippen LogP contribution >= 0.6 is 0 Å². The fourth-order valence-electron chi connectivity index (χ4n) is 1.48. The zero-order valence-corrected chi connectivity index (χ0v) is 9.57. The first-order valence-electron chi connectivity index (χ1n) is 5.61. The van der Waals surface area contributed by atoms with E-state index in [0.29, 0.717) is 12.5 Å². The van der Waals surface area contributed by atoms with E-state index in [1.807, 2.05) is 13.8 Å². The molecular formula is C11H21NO3. The summed E-state index contributed by atoms with van der Waals surface area (Å²) in [5.41, 5.74) is 5.68. The topological polar surface area (TPSA) is 61.6 Å². The van der Waals surface area contributed by atoms with Gasteiger partial charge in [0, 0.05) is 13.2 Å². The van der Waals surface area contributed by atoms with Gasteiger partial charge in [0.1, 0.15) is 6.04 Å². The van der Waals surface area contributed by atoms with E-state index in [2.05, 4.69) is 0 Å². The molecule has 0 aliphatic carbocycles. The minimum absolute atomic E-state index is 0.132. The molecule has 4 nitrogen and oxygen atoms in total. The van der Waals surface area contributed by atoms with E-state index < -0.39 is 6.04 Å². The second-order valence-corrected chi connectivity index (χ2v) is 4.46. The molecule has 2 N–H and O–H groups in total. The highest BCUT2D eigenvalue weighted by atomic mass is 16.5. The normalized spacial score (nSPS) is 20.3. The molecule has 0 aromatic heterocycles. The smallest absolute Gasteiger partial charge is 0.323 e. The number of hydrogen-bond acceptors (Lipinski definition) is 4. The van der Waals surface area contributed by atoms with Crippen LogP contribution in [0, 0.1) is 11.8 Å². The van der Waals surface area contributed by atoms with Gasteiger partial charge in [-0.15, -0.1) is 0 Å². The molecule has 1 aliphatic rings. The quantitative estimate of drug-likeness (QED) is 0.709. The molecule has 15 heavy (non-hydrogen) atoms. The van der Waals surface area contributed by atoms with E-state index >= 15 is 0 Å². The second-order valence-electron chi connectivity index (χ2n) is 4.46. The molecule has 0 saturated carbocycles. The van der Waals surface area contributed by atoms with Gasteiger partial charge in [-0.3, -0.25) is 4.79 Å². The number of carbonyl (C=O) groups excluding carboxylic acids is 1. The van der Waals surface area contributed by atoms with Crippen molar-refractivity contribution >= 4 is 5.97 Å². The van der Waals surface area contributed by atoms with Crippen LogP contribution in [0.3, 0.4) is 0 Å². The van der Waals surface area contributed by atoms with Crippen molar-refractivity contribution in [1.29, 1.82) is 0 Å². The summed E-state index contributed by atoms with van der Waals surface area (Å²) in [5.74, 6) is 0.297. The van der Waals surface area contributed by atoms with Crippen LogP contribution in [-0.4, -0.2) is 31.8 Å². The third kappa shape index (κ3) is 4.18. The summed E-state index contributed by atoms with van der Waals surface area (Å²) in [6.07, 6.45) is 1.95. The Labute approximate surface area is 91.1 Å².